The van der Waals surface area contributed by atoms with Crippen LogP contribution < -0.4 is 10.6 Å². The lowest BCUT2D eigenvalue weighted by Crippen LogP contribution is -2.25. The SMILES string of the molecule is C=CC(=O)NCc1ccc(C(=O)NCc2c3c(nn2C)CCCC3)cc1. The summed E-state index contributed by atoms with van der Waals surface area (Å²) in [5.74, 6) is -0.330. The molecule has 1 aliphatic rings. The molecule has 6 heteroatoms. The van der Waals surface area contributed by atoms with Crippen molar-refractivity contribution >= 4 is 11.8 Å². The quantitative estimate of drug-likeness (QED) is 0.781. The van der Waals surface area contributed by atoms with Gasteiger partial charge in [-0.15, -0.1) is 0 Å². The second-order valence-electron chi connectivity index (χ2n) is 6.50. The van der Waals surface area contributed by atoms with E-state index in [-0.39, 0.29) is 11.8 Å². The average Bonchev–Trinajstić information content (AvgIpc) is 2.99. The van der Waals surface area contributed by atoms with E-state index >= 15 is 0 Å². The molecule has 0 saturated heterocycles. The third-order valence-electron chi connectivity index (χ3n) is 4.73. The van der Waals surface area contributed by atoms with Gasteiger partial charge in [0.1, 0.15) is 0 Å². The fourth-order valence-electron chi connectivity index (χ4n) is 3.27. The molecule has 0 atom stereocenters. The predicted octanol–water partition coefficient (Wildman–Crippen LogP) is 2.03. The molecule has 1 heterocycles. The maximum Gasteiger partial charge on any atom is 0.251 e. The first-order chi connectivity index (χ1) is 12.6. The molecule has 2 amide bonds. The molecule has 1 aromatic heterocycles. The van der Waals surface area contributed by atoms with Crippen LogP contribution >= 0.6 is 0 Å². The Morgan fingerprint density at radius 3 is 2.62 bits per heavy atom. The smallest absolute Gasteiger partial charge is 0.251 e. The van der Waals surface area contributed by atoms with E-state index in [0.29, 0.717) is 18.7 Å². The number of carbonyl (C=O) groups is 2. The third-order valence-corrected chi connectivity index (χ3v) is 4.73. The number of rotatable bonds is 6. The van der Waals surface area contributed by atoms with Gasteiger partial charge in [-0.3, -0.25) is 14.3 Å². The Morgan fingerprint density at radius 1 is 1.15 bits per heavy atom. The van der Waals surface area contributed by atoms with E-state index < -0.39 is 0 Å². The van der Waals surface area contributed by atoms with Crippen molar-refractivity contribution in [3.63, 3.8) is 0 Å². The zero-order valence-electron chi connectivity index (χ0n) is 15.0. The molecule has 0 radical (unpaired) electrons. The minimum absolute atomic E-state index is 0.113. The van der Waals surface area contributed by atoms with E-state index in [4.69, 9.17) is 0 Å². The fraction of sp³-hybridized carbons (Fsp3) is 0.350. The van der Waals surface area contributed by atoms with Crippen molar-refractivity contribution in [1.82, 2.24) is 20.4 Å². The molecule has 1 aliphatic carbocycles. The molecule has 26 heavy (non-hydrogen) atoms. The Balaban J connectivity index is 1.59. The molecule has 0 fully saturated rings. The van der Waals surface area contributed by atoms with Crippen LogP contribution in [0, 0.1) is 0 Å². The van der Waals surface area contributed by atoms with Crippen LogP contribution in [-0.2, 0) is 37.8 Å². The number of aryl methyl sites for hydroxylation is 2. The number of aromatic nitrogens is 2. The molecule has 6 nitrogen and oxygen atoms in total. The summed E-state index contributed by atoms with van der Waals surface area (Å²) < 4.78 is 1.89. The summed E-state index contributed by atoms with van der Waals surface area (Å²) in [6.45, 7) is 4.31. The standard InChI is InChI=1S/C20H24N4O2/c1-3-19(25)21-12-14-8-10-15(11-9-14)20(26)22-13-18-16-6-4-5-7-17(16)23-24(18)2/h3,8-11H,1,4-7,12-13H2,2H3,(H,21,25)(H,22,26). The van der Waals surface area contributed by atoms with Crippen LogP contribution in [0.1, 0.15) is 45.7 Å². The minimum Gasteiger partial charge on any atom is -0.348 e. The second-order valence-corrected chi connectivity index (χ2v) is 6.50. The Kier molecular flexibility index (Phi) is 5.51. The van der Waals surface area contributed by atoms with Gasteiger partial charge in [-0.05, 0) is 55.0 Å². The monoisotopic (exact) mass is 352 g/mol. The highest BCUT2D eigenvalue weighted by Crippen LogP contribution is 2.23. The molecule has 0 bridgehead atoms. The summed E-state index contributed by atoms with van der Waals surface area (Å²) >= 11 is 0. The second kappa shape index (κ2) is 7.99. The van der Waals surface area contributed by atoms with Crippen LogP contribution in [0.3, 0.4) is 0 Å². The summed E-state index contributed by atoms with van der Waals surface area (Å²) in [7, 11) is 1.94. The van der Waals surface area contributed by atoms with Gasteiger partial charge in [-0.2, -0.15) is 5.10 Å². The Morgan fingerprint density at radius 2 is 1.88 bits per heavy atom. The molecule has 0 unspecified atom stereocenters. The molecule has 0 spiro atoms. The van der Waals surface area contributed by atoms with E-state index in [1.165, 1.54) is 30.2 Å². The predicted molar refractivity (Wildman–Crippen MR) is 99.5 cm³/mol. The molecule has 2 aromatic rings. The van der Waals surface area contributed by atoms with Gasteiger partial charge in [0, 0.05) is 19.2 Å². The zero-order chi connectivity index (χ0) is 18.5. The highest BCUT2D eigenvalue weighted by molar-refractivity contribution is 5.94. The molecule has 0 saturated carbocycles. The third kappa shape index (κ3) is 4.02. The van der Waals surface area contributed by atoms with Crippen LogP contribution in [0.5, 0.6) is 0 Å². The summed E-state index contributed by atoms with van der Waals surface area (Å²) in [4.78, 5) is 23.6. The van der Waals surface area contributed by atoms with Gasteiger partial charge >= 0.3 is 0 Å². The van der Waals surface area contributed by atoms with E-state index in [2.05, 4.69) is 22.3 Å². The van der Waals surface area contributed by atoms with Crippen molar-refractivity contribution in [3.05, 3.63) is 65.0 Å². The number of nitrogens with one attached hydrogen (secondary N) is 2. The van der Waals surface area contributed by atoms with Gasteiger partial charge in [-0.1, -0.05) is 18.7 Å². The summed E-state index contributed by atoms with van der Waals surface area (Å²) in [6.07, 6.45) is 5.68. The topological polar surface area (TPSA) is 76.0 Å². The lowest BCUT2D eigenvalue weighted by Gasteiger charge is -2.12. The lowest BCUT2D eigenvalue weighted by molar-refractivity contribution is -0.116. The average molecular weight is 352 g/mol. The highest BCUT2D eigenvalue weighted by Gasteiger charge is 2.19. The van der Waals surface area contributed by atoms with Gasteiger partial charge in [0.25, 0.3) is 5.91 Å². The molecule has 136 valence electrons. The van der Waals surface area contributed by atoms with Crippen molar-refractivity contribution in [1.29, 1.82) is 0 Å². The van der Waals surface area contributed by atoms with Crippen molar-refractivity contribution in [3.8, 4) is 0 Å². The first-order valence-corrected chi connectivity index (χ1v) is 8.89. The number of hydrogen-bond donors (Lipinski definition) is 2. The maximum atomic E-state index is 12.4. The number of hydrogen-bond acceptors (Lipinski definition) is 3. The van der Waals surface area contributed by atoms with E-state index in [1.54, 1.807) is 12.1 Å². The maximum absolute atomic E-state index is 12.4. The van der Waals surface area contributed by atoms with Crippen LogP contribution in [0.4, 0.5) is 0 Å². The number of amides is 2. The zero-order valence-corrected chi connectivity index (χ0v) is 15.0. The molecule has 3 rings (SSSR count). The first-order valence-electron chi connectivity index (χ1n) is 8.89. The van der Waals surface area contributed by atoms with Crippen LogP contribution in [0.15, 0.2) is 36.9 Å². The minimum atomic E-state index is -0.216. The van der Waals surface area contributed by atoms with Gasteiger partial charge in [0.05, 0.1) is 17.9 Å². The summed E-state index contributed by atoms with van der Waals surface area (Å²) in [5.41, 5.74) is 5.09. The van der Waals surface area contributed by atoms with Crippen LogP contribution in [-0.4, -0.2) is 21.6 Å². The molecular formula is C20H24N4O2. The summed E-state index contributed by atoms with van der Waals surface area (Å²) in [6, 6.07) is 7.21. The first kappa shape index (κ1) is 17.9. The van der Waals surface area contributed by atoms with Crippen molar-refractivity contribution in [2.45, 2.75) is 38.8 Å². The van der Waals surface area contributed by atoms with E-state index in [0.717, 1.165) is 24.1 Å². The number of fused-ring (bicyclic) bond motifs is 1. The Labute approximate surface area is 153 Å². The Bertz CT molecular complexity index is 821. The summed E-state index contributed by atoms with van der Waals surface area (Å²) in [5, 5.41) is 10.3. The number of benzene rings is 1. The van der Waals surface area contributed by atoms with Gasteiger partial charge in [0.2, 0.25) is 5.91 Å². The molecular weight excluding hydrogens is 328 g/mol. The van der Waals surface area contributed by atoms with Crippen molar-refractivity contribution in [2.24, 2.45) is 7.05 Å². The van der Waals surface area contributed by atoms with E-state index in [1.807, 2.05) is 23.9 Å². The van der Waals surface area contributed by atoms with Gasteiger partial charge in [0.15, 0.2) is 0 Å². The molecule has 0 aliphatic heterocycles. The largest absolute Gasteiger partial charge is 0.348 e. The van der Waals surface area contributed by atoms with Crippen molar-refractivity contribution < 1.29 is 9.59 Å². The van der Waals surface area contributed by atoms with Crippen molar-refractivity contribution in [2.75, 3.05) is 0 Å². The van der Waals surface area contributed by atoms with Gasteiger partial charge < -0.3 is 10.6 Å². The normalized spacial score (nSPS) is 13.0. The van der Waals surface area contributed by atoms with Gasteiger partial charge in [-0.25, -0.2) is 0 Å². The van der Waals surface area contributed by atoms with Crippen LogP contribution in [0.25, 0.3) is 0 Å². The highest BCUT2D eigenvalue weighted by atomic mass is 16.2. The fourth-order valence-corrected chi connectivity index (χ4v) is 3.27. The number of carbonyl (C=O) groups excluding carboxylic acids is 2. The lowest BCUT2D eigenvalue weighted by atomic mass is 9.96. The Hall–Kier alpha value is -2.89. The van der Waals surface area contributed by atoms with Crippen LogP contribution in [0.2, 0.25) is 0 Å². The number of nitrogens with zero attached hydrogens (tertiary/aromatic N) is 2. The molecule has 1 aromatic carbocycles. The van der Waals surface area contributed by atoms with E-state index in [9.17, 15) is 9.59 Å². The molecule has 2 N–H and O–H groups in total.